The van der Waals surface area contributed by atoms with E-state index < -0.39 is 0 Å². The van der Waals surface area contributed by atoms with Crippen molar-refractivity contribution in [2.45, 2.75) is 26.7 Å². The van der Waals surface area contributed by atoms with Crippen LogP contribution in [0.4, 0.5) is 0 Å². The summed E-state index contributed by atoms with van der Waals surface area (Å²) >= 11 is 0. The first-order valence-electron chi connectivity index (χ1n) is 8.98. The largest absolute Gasteiger partial charge is 0.497 e. The second kappa shape index (κ2) is 10.3. The zero-order chi connectivity index (χ0) is 18.8. The molecule has 0 aromatic heterocycles. The molecule has 140 valence electrons. The van der Waals surface area contributed by atoms with E-state index in [-0.39, 0.29) is 5.91 Å². The van der Waals surface area contributed by atoms with Gasteiger partial charge in [-0.05, 0) is 62.6 Å². The molecule has 0 heterocycles. The summed E-state index contributed by atoms with van der Waals surface area (Å²) in [4.78, 5) is 12.4. The molecule has 26 heavy (non-hydrogen) atoms. The van der Waals surface area contributed by atoms with E-state index >= 15 is 0 Å². The molecule has 0 saturated carbocycles. The molecule has 2 aromatic carbocycles. The number of aryl methyl sites for hydroxylation is 1. The van der Waals surface area contributed by atoms with Crippen LogP contribution in [0.5, 0.6) is 17.2 Å². The van der Waals surface area contributed by atoms with Crippen LogP contribution in [0.15, 0.2) is 42.5 Å². The van der Waals surface area contributed by atoms with Crippen molar-refractivity contribution in [3.8, 4) is 17.2 Å². The van der Waals surface area contributed by atoms with Crippen LogP contribution in [0, 0.1) is 0 Å². The molecule has 2 rings (SSSR count). The third kappa shape index (κ3) is 5.69. The lowest BCUT2D eigenvalue weighted by molar-refractivity contribution is 0.0952. The minimum Gasteiger partial charge on any atom is -0.497 e. The first-order chi connectivity index (χ1) is 12.7. The highest BCUT2D eigenvalue weighted by Gasteiger charge is 2.11. The van der Waals surface area contributed by atoms with Gasteiger partial charge in [0.25, 0.3) is 5.91 Å². The number of rotatable bonds is 10. The molecule has 5 nitrogen and oxygen atoms in total. The second-order valence-electron chi connectivity index (χ2n) is 5.74. The molecule has 0 saturated heterocycles. The second-order valence-corrected chi connectivity index (χ2v) is 5.74. The van der Waals surface area contributed by atoms with Gasteiger partial charge in [-0.1, -0.05) is 12.1 Å². The number of methoxy groups -OCH3 is 1. The predicted octanol–water partition coefficient (Wildman–Crippen LogP) is 3.86. The van der Waals surface area contributed by atoms with E-state index in [0.717, 1.165) is 18.6 Å². The maximum Gasteiger partial charge on any atom is 0.251 e. The van der Waals surface area contributed by atoms with Gasteiger partial charge in [0.15, 0.2) is 11.5 Å². The fourth-order valence-corrected chi connectivity index (χ4v) is 2.62. The fraction of sp³-hybridized carbons (Fsp3) is 0.381. The summed E-state index contributed by atoms with van der Waals surface area (Å²) in [6, 6.07) is 13.2. The van der Waals surface area contributed by atoms with Crippen LogP contribution in [0.1, 0.15) is 36.2 Å². The normalized spacial score (nSPS) is 10.3. The van der Waals surface area contributed by atoms with Gasteiger partial charge in [0.05, 0.1) is 20.3 Å². The molecule has 0 aliphatic carbocycles. The van der Waals surface area contributed by atoms with Crippen molar-refractivity contribution in [3.63, 3.8) is 0 Å². The molecule has 0 unspecified atom stereocenters. The first kappa shape index (κ1) is 19.6. The topological polar surface area (TPSA) is 56.8 Å². The molecule has 0 aliphatic heterocycles. The zero-order valence-electron chi connectivity index (χ0n) is 15.7. The Labute approximate surface area is 155 Å². The van der Waals surface area contributed by atoms with Crippen molar-refractivity contribution in [1.82, 2.24) is 5.32 Å². The van der Waals surface area contributed by atoms with E-state index in [2.05, 4.69) is 11.4 Å². The SMILES string of the molecule is CCOc1ccc(C(=O)NCCCc2cccc(OC)c2)cc1OCC. The van der Waals surface area contributed by atoms with Gasteiger partial charge in [-0.15, -0.1) is 0 Å². The smallest absolute Gasteiger partial charge is 0.251 e. The molecule has 0 spiro atoms. The summed E-state index contributed by atoms with van der Waals surface area (Å²) in [5, 5.41) is 2.95. The number of hydrogen-bond acceptors (Lipinski definition) is 4. The molecular weight excluding hydrogens is 330 g/mol. The van der Waals surface area contributed by atoms with E-state index in [4.69, 9.17) is 14.2 Å². The number of carbonyl (C=O) groups is 1. The molecule has 0 bridgehead atoms. The van der Waals surface area contributed by atoms with E-state index in [1.54, 1.807) is 25.3 Å². The molecule has 1 amide bonds. The number of amides is 1. The van der Waals surface area contributed by atoms with Crippen LogP contribution in [0.2, 0.25) is 0 Å². The molecule has 0 aliphatic rings. The van der Waals surface area contributed by atoms with Gasteiger partial charge in [0.1, 0.15) is 5.75 Å². The summed E-state index contributed by atoms with van der Waals surface area (Å²) < 4.78 is 16.3. The Balaban J connectivity index is 1.87. The van der Waals surface area contributed by atoms with Gasteiger partial charge in [-0.3, -0.25) is 4.79 Å². The summed E-state index contributed by atoms with van der Waals surface area (Å²) in [6.45, 7) is 5.49. The molecule has 0 atom stereocenters. The lowest BCUT2D eigenvalue weighted by Gasteiger charge is -2.12. The third-order valence-electron chi connectivity index (χ3n) is 3.87. The lowest BCUT2D eigenvalue weighted by Crippen LogP contribution is -2.24. The Morgan fingerprint density at radius 3 is 2.50 bits per heavy atom. The summed E-state index contributed by atoms with van der Waals surface area (Å²) in [5.74, 6) is 1.99. The Morgan fingerprint density at radius 2 is 1.77 bits per heavy atom. The Morgan fingerprint density at radius 1 is 1.00 bits per heavy atom. The minimum absolute atomic E-state index is 0.111. The van der Waals surface area contributed by atoms with Gasteiger partial charge in [-0.2, -0.15) is 0 Å². The number of nitrogens with one attached hydrogen (secondary N) is 1. The predicted molar refractivity (Wildman–Crippen MR) is 102 cm³/mol. The Kier molecular flexibility index (Phi) is 7.80. The fourth-order valence-electron chi connectivity index (χ4n) is 2.62. The van der Waals surface area contributed by atoms with Crippen molar-refractivity contribution in [2.75, 3.05) is 26.9 Å². The van der Waals surface area contributed by atoms with Gasteiger partial charge in [0, 0.05) is 12.1 Å². The van der Waals surface area contributed by atoms with Crippen molar-refractivity contribution >= 4 is 5.91 Å². The Bertz CT molecular complexity index is 715. The molecule has 0 fully saturated rings. The highest BCUT2D eigenvalue weighted by molar-refractivity contribution is 5.94. The highest BCUT2D eigenvalue weighted by Crippen LogP contribution is 2.28. The van der Waals surface area contributed by atoms with Crippen LogP contribution >= 0.6 is 0 Å². The molecule has 1 N–H and O–H groups in total. The van der Waals surface area contributed by atoms with Gasteiger partial charge < -0.3 is 19.5 Å². The molecule has 0 radical (unpaired) electrons. The summed E-state index contributed by atoms with van der Waals surface area (Å²) in [7, 11) is 1.66. The van der Waals surface area contributed by atoms with E-state index in [9.17, 15) is 4.79 Å². The van der Waals surface area contributed by atoms with Crippen molar-refractivity contribution in [3.05, 3.63) is 53.6 Å². The van der Waals surface area contributed by atoms with Gasteiger partial charge in [-0.25, -0.2) is 0 Å². The van der Waals surface area contributed by atoms with E-state index in [1.165, 1.54) is 5.56 Å². The summed E-state index contributed by atoms with van der Waals surface area (Å²) in [6.07, 6.45) is 1.74. The monoisotopic (exact) mass is 357 g/mol. The summed E-state index contributed by atoms with van der Waals surface area (Å²) in [5.41, 5.74) is 1.76. The van der Waals surface area contributed by atoms with E-state index in [0.29, 0.717) is 36.8 Å². The number of benzene rings is 2. The maximum atomic E-state index is 12.4. The van der Waals surface area contributed by atoms with Crippen LogP contribution in [0.25, 0.3) is 0 Å². The number of hydrogen-bond donors (Lipinski definition) is 1. The maximum absolute atomic E-state index is 12.4. The lowest BCUT2D eigenvalue weighted by atomic mass is 10.1. The van der Waals surface area contributed by atoms with Gasteiger partial charge in [0.2, 0.25) is 0 Å². The molecule has 2 aromatic rings. The minimum atomic E-state index is -0.111. The molecular formula is C21H27NO4. The van der Waals surface area contributed by atoms with Crippen molar-refractivity contribution < 1.29 is 19.0 Å². The molecule has 5 heteroatoms. The van der Waals surface area contributed by atoms with Gasteiger partial charge >= 0.3 is 0 Å². The average molecular weight is 357 g/mol. The standard InChI is InChI=1S/C21H27NO4/c1-4-25-19-12-11-17(15-20(19)26-5-2)21(23)22-13-7-9-16-8-6-10-18(14-16)24-3/h6,8,10-12,14-15H,4-5,7,9,13H2,1-3H3,(H,22,23). The highest BCUT2D eigenvalue weighted by atomic mass is 16.5. The first-order valence-corrected chi connectivity index (χ1v) is 8.98. The van der Waals surface area contributed by atoms with Crippen LogP contribution in [0.3, 0.4) is 0 Å². The number of ether oxygens (including phenoxy) is 3. The van der Waals surface area contributed by atoms with E-state index in [1.807, 2.05) is 32.0 Å². The Hall–Kier alpha value is -2.69. The third-order valence-corrected chi connectivity index (χ3v) is 3.87. The van der Waals surface area contributed by atoms with Crippen LogP contribution in [-0.4, -0.2) is 32.8 Å². The van der Waals surface area contributed by atoms with Crippen LogP contribution in [-0.2, 0) is 6.42 Å². The quantitative estimate of drug-likeness (QED) is 0.656. The van der Waals surface area contributed by atoms with Crippen molar-refractivity contribution in [2.24, 2.45) is 0 Å². The zero-order valence-corrected chi connectivity index (χ0v) is 15.7. The average Bonchev–Trinajstić information content (AvgIpc) is 2.67. The van der Waals surface area contributed by atoms with Crippen LogP contribution < -0.4 is 19.5 Å². The van der Waals surface area contributed by atoms with Crippen molar-refractivity contribution in [1.29, 1.82) is 0 Å². The number of carbonyl (C=O) groups excluding carboxylic acids is 1.